The van der Waals surface area contributed by atoms with E-state index in [4.69, 9.17) is 14.7 Å². The Hall–Kier alpha value is -1.90. The van der Waals surface area contributed by atoms with Crippen molar-refractivity contribution in [3.8, 4) is 11.8 Å². The van der Waals surface area contributed by atoms with Crippen LogP contribution in [-0.2, 0) is 4.74 Å². The molecule has 1 aromatic rings. The Morgan fingerprint density at radius 1 is 1.33 bits per heavy atom. The lowest BCUT2D eigenvalue weighted by Crippen LogP contribution is -2.33. The van der Waals surface area contributed by atoms with E-state index in [9.17, 15) is 4.79 Å². The maximum atomic E-state index is 12.4. The van der Waals surface area contributed by atoms with Gasteiger partial charge in [-0.2, -0.15) is 5.26 Å². The van der Waals surface area contributed by atoms with Gasteiger partial charge in [0.05, 0.1) is 31.4 Å². The Kier molecular flexibility index (Phi) is 8.10. The minimum atomic E-state index is -0.00640. The third-order valence-corrected chi connectivity index (χ3v) is 3.01. The molecular formula is C16H22N2O3. The van der Waals surface area contributed by atoms with Gasteiger partial charge in [-0.05, 0) is 19.1 Å². The lowest BCUT2D eigenvalue weighted by Gasteiger charge is -2.20. The number of ketones is 1. The molecule has 0 aliphatic rings. The van der Waals surface area contributed by atoms with Crippen LogP contribution >= 0.6 is 0 Å². The lowest BCUT2D eigenvalue weighted by molar-refractivity contribution is 0.0894. The van der Waals surface area contributed by atoms with E-state index in [0.29, 0.717) is 44.0 Å². The Morgan fingerprint density at radius 3 is 2.76 bits per heavy atom. The molecule has 1 rings (SSSR count). The summed E-state index contributed by atoms with van der Waals surface area (Å²) in [5, 5.41) is 8.69. The number of rotatable bonds is 10. The number of Topliss-reactive ketones (excluding diaryl/α,β-unsaturated/α-hetero) is 1. The Balaban J connectivity index is 2.74. The zero-order valence-corrected chi connectivity index (χ0v) is 12.7. The van der Waals surface area contributed by atoms with Gasteiger partial charge in [0.1, 0.15) is 5.75 Å². The van der Waals surface area contributed by atoms with E-state index >= 15 is 0 Å². The smallest absolute Gasteiger partial charge is 0.180 e. The molecule has 0 N–H and O–H groups in total. The van der Waals surface area contributed by atoms with Gasteiger partial charge in [0.15, 0.2) is 5.78 Å². The summed E-state index contributed by atoms with van der Waals surface area (Å²) in [6, 6.07) is 9.34. The summed E-state index contributed by atoms with van der Waals surface area (Å²) < 4.78 is 10.5. The highest BCUT2D eigenvalue weighted by atomic mass is 16.5. The second-order valence-corrected chi connectivity index (χ2v) is 4.53. The highest BCUT2D eigenvalue weighted by Gasteiger charge is 2.16. The van der Waals surface area contributed by atoms with E-state index in [-0.39, 0.29) is 12.3 Å². The van der Waals surface area contributed by atoms with Gasteiger partial charge in [0.2, 0.25) is 0 Å². The van der Waals surface area contributed by atoms with E-state index in [0.717, 1.165) is 0 Å². The van der Waals surface area contributed by atoms with Gasteiger partial charge < -0.3 is 9.47 Å². The van der Waals surface area contributed by atoms with E-state index in [2.05, 4.69) is 6.07 Å². The van der Waals surface area contributed by atoms with Gasteiger partial charge >= 0.3 is 0 Å². The van der Waals surface area contributed by atoms with Crippen LogP contribution in [0.5, 0.6) is 5.75 Å². The fraction of sp³-hybridized carbons (Fsp3) is 0.500. The van der Waals surface area contributed by atoms with Crippen molar-refractivity contribution in [3.63, 3.8) is 0 Å². The van der Waals surface area contributed by atoms with Crippen molar-refractivity contribution in [2.24, 2.45) is 0 Å². The number of nitriles is 1. The molecule has 0 radical (unpaired) electrons. The summed E-state index contributed by atoms with van der Waals surface area (Å²) in [6.45, 7) is 4.38. The largest absolute Gasteiger partial charge is 0.493 e. The SMILES string of the molecule is CCOc1ccccc1C(=O)CN(CCC#N)CCOC. The fourth-order valence-corrected chi connectivity index (χ4v) is 1.97. The topological polar surface area (TPSA) is 62.6 Å². The summed E-state index contributed by atoms with van der Waals surface area (Å²) in [4.78, 5) is 14.4. The van der Waals surface area contributed by atoms with Gasteiger partial charge in [-0.1, -0.05) is 12.1 Å². The number of hydrogen-bond donors (Lipinski definition) is 0. The first-order chi connectivity index (χ1) is 10.2. The number of hydrogen-bond acceptors (Lipinski definition) is 5. The number of benzene rings is 1. The van der Waals surface area contributed by atoms with Gasteiger partial charge in [0.25, 0.3) is 0 Å². The molecule has 0 spiro atoms. The molecule has 5 heteroatoms. The van der Waals surface area contributed by atoms with Crippen LogP contribution in [0, 0.1) is 11.3 Å². The van der Waals surface area contributed by atoms with Crippen LogP contribution in [0.4, 0.5) is 0 Å². The van der Waals surface area contributed by atoms with Gasteiger partial charge in [-0.25, -0.2) is 0 Å². The molecule has 0 fully saturated rings. The van der Waals surface area contributed by atoms with Crippen molar-refractivity contribution < 1.29 is 14.3 Å². The molecule has 0 heterocycles. The van der Waals surface area contributed by atoms with E-state index in [1.54, 1.807) is 19.2 Å². The van der Waals surface area contributed by atoms with E-state index in [1.165, 1.54) is 0 Å². The van der Waals surface area contributed by atoms with Crippen LogP contribution in [0.15, 0.2) is 24.3 Å². The first-order valence-corrected chi connectivity index (χ1v) is 7.06. The average Bonchev–Trinajstić information content (AvgIpc) is 2.50. The molecule has 0 aliphatic carbocycles. The number of carbonyl (C=O) groups excluding carboxylic acids is 1. The monoisotopic (exact) mass is 290 g/mol. The second kappa shape index (κ2) is 9.92. The van der Waals surface area contributed by atoms with Crippen molar-refractivity contribution in [2.75, 3.05) is 40.0 Å². The van der Waals surface area contributed by atoms with Gasteiger partial charge in [-0.3, -0.25) is 9.69 Å². The molecule has 114 valence electrons. The Labute approximate surface area is 126 Å². The standard InChI is InChI=1S/C16H22N2O3/c1-3-21-16-8-5-4-7-14(16)15(19)13-18(10-6-9-17)11-12-20-2/h4-5,7-8H,3,6,10-13H2,1-2H3. The molecule has 0 atom stereocenters. The summed E-state index contributed by atoms with van der Waals surface area (Å²) in [6.07, 6.45) is 0.393. The molecule has 0 bridgehead atoms. The molecule has 0 aliphatic heterocycles. The zero-order valence-electron chi connectivity index (χ0n) is 12.7. The zero-order chi connectivity index (χ0) is 15.5. The third-order valence-electron chi connectivity index (χ3n) is 3.01. The number of para-hydroxylation sites is 1. The summed E-state index contributed by atoms with van der Waals surface area (Å²) in [7, 11) is 1.62. The predicted octanol–water partition coefficient (Wildman–Crippen LogP) is 2.13. The van der Waals surface area contributed by atoms with Crippen LogP contribution in [0.2, 0.25) is 0 Å². The number of methoxy groups -OCH3 is 1. The average molecular weight is 290 g/mol. The van der Waals surface area contributed by atoms with E-state index in [1.807, 2.05) is 24.0 Å². The first-order valence-electron chi connectivity index (χ1n) is 7.06. The normalized spacial score (nSPS) is 10.4. The minimum absolute atomic E-state index is 0.00640. The second-order valence-electron chi connectivity index (χ2n) is 4.53. The molecule has 0 saturated heterocycles. The maximum absolute atomic E-state index is 12.4. The molecule has 0 saturated carbocycles. The van der Waals surface area contributed by atoms with Crippen molar-refractivity contribution in [1.82, 2.24) is 4.90 Å². The molecule has 21 heavy (non-hydrogen) atoms. The quantitative estimate of drug-likeness (QED) is 0.618. The maximum Gasteiger partial charge on any atom is 0.180 e. The van der Waals surface area contributed by atoms with Gasteiger partial charge in [-0.15, -0.1) is 0 Å². The fourth-order valence-electron chi connectivity index (χ4n) is 1.97. The summed E-state index contributed by atoms with van der Waals surface area (Å²) >= 11 is 0. The first kappa shape index (κ1) is 17.2. The molecule has 0 aromatic heterocycles. The summed E-state index contributed by atoms with van der Waals surface area (Å²) in [5.74, 6) is 0.602. The van der Waals surface area contributed by atoms with Crippen LogP contribution in [0.3, 0.4) is 0 Å². The third kappa shape index (κ3) is 5.94. The predicted molar refractivity (Wildman–Crippen MR) is 80.5 cm³/mol. The van der Waals surface area contributed by atoms with Crippen molar-refractivity contribution in [1.29, 1.82) is 5.26 Å². The van der Waals surface area contributed by atoms with Gasteiger partial charge in [0, 0.05) is 26.6 Å². The van der Waals surface area contributed by atoms with Crippen LogP contribution in [0.25, 0.3) is 0 Å². The summed E-state index contributed by atoms with van der Waals surface area (Å²) in [5.41, 5.74) is 0.582. The van der Waals surface area contributed by atoms with Crippen molar-refractivity contribution in [3.05, 3.63) is 29.8 Å². The van der Waals surface area contributed by atoms with Crippen molar-refractivity contribution >= 4 is 5.78 Å². The molecule has 0 amide bonds. The van der Waals surface area contributed by atoms with Crippen LogP contribution < -0.4 is 4.74 Å². The number of ether oxygens (including phenoxy) is 2. The Bertz CT molecular complexity index is 483. The molecule has 1 aromatic carbocycles. The number of nitrogens with zero attached hydrogens (tertiary/aromatic N) is 2. The molecule has 5 nitrogen and oxygen atoms in total. The minimum Gasteiger partial charge on any atom is -0.493 e. The molecular weight excluding hydrogens is 268 g/mol. The highest BCUT2D eigenvalue weighted by molar-refractivity contribution is 6.00. The molecule has 0 unspecified atom stereocenters. The van der Waals surface area contributed by atoms with Crippen molar-refractivity contribution in [2.45, 2.75) is 13.3 Å². The Morgan fingerprint density at radius 2 is 2.10 bits per heavy atom. The van der Waals surface area contributed by atoms with E-state index < -0.39 is 0 Å². The highest BCUT2D eigenvalue weighted by Crippen LogP contribution is 2.18. The number of carbonyl (C=O) groups is 1. The van der Waals surface area contributed by atoms with Crippen LogP contribution in [-0.4, -0.2) is 50.6 Å². The van der Waals surface area contributed by atoms with Crippen LogP contribution in [0.1, 0.15) is 23.7 Å². The lowest BCUT2D eigenvalue weighted by atomic mass is 10.1.